The second-order valence-corrected chi connectivity index (χ2v) is 11.7. The monoisotopic (exact) mass is 614 g/mol. The number of piperidine rings is 1. The smallest absolute Gasteiger partial charge is 0.329 e. The number of aryl methyl sites for hydroxylation is 1. The van der Waals surface area contributed by atoms with E-state index in [1.807, 2.05) is 43.4 Å². The molecule has 3 aliphatic heterocycles. The predicted molar refractivity (Wildman–Crippen MR) is 169 cm³/mol. The van der Waals surface area contributed by atoms with Gasteiger partial charge in [0, 0.05) is 68.6 Å². The van der Waals surface area contributed by atoms with Crippen molar-refractivity contribution in [2.24, 2.45) is 7.05 Å². The van der Waals surface area contributed by atoms with Crippen LogP contribution in [-0.2, 0) is 23.1 Å². The Balaban J connectivity index is 0.999. The van der Waals surface area contributed by atoms with Crippen molar-refractivity contribution in [1.82, 2.24) is 25.1 Å². The minimum absolute atomic E-state index is 0.0760. The maximum absolute atomic E-state index is 12.4. The van der Waals surface area contributed by atoms with Crippen LogP contribution in [-0.4, -0.2) is 70.3 Å². The standard InChI is InChI=1S/C30H31ClN10O3/c1-38-23-6-4-19(13-17(23)14-26(38)43)34-27-22(31)16-32-29(36-27)40-10-7-18(8-11-40)33-20-3-5-21-24(15-20)39(2)37-28(21)41-12-9-25(42)35-30(41)44/h3-6,13,15-16,18,33H,7-12,14H2,1-2H3,(H,32,34,36)(H,35,42,44). The number of aromatic nitrogens is 4. The number of nitrogens with zero attached hydrogens (tertiary/aromatic N) is 7. The number of benzene rings is 2. The van der Waals surface area contributed by atoms with Gasteiger partial charge in [-0.25, -0.2) is 9.78 Å². The van der Waals surface area contributed by atoms with Gasteiger partial charge in [0.1, 0.15) is 5.02 Å². The van der Waals surface area contributed by atoms with Gasteiger partial charge in [-0.15, -0.1) is 0 Å². The van der Waals surface area contributed by atoms with Crippen LogP contribution in [0.1, 0.15) is 24.8 Å². The molecule has 4 amide bonds. The Hall–Kier alpha value is -4.91. The third-order valence-corrected chi connectivity index (χ3v) is 8.72. The zero-order valence-corrected chi connectivity index (χ0v) is 25.1. The van der Waals surface area contributed by atoms with Crippen molar-refractivity contribution in [2.45, 2.75) is 31.7 Å². The van der Waals surface area contributed by atoms with Gasteiger partial charge in [0.15, 0.2) is 11.6 Å². The van der Waals surface area contributed by atoms with Gasteiger partial charge < -0.3 is 20.4 Å². The molecule has 0 unspecified atom stereocenters. The second kappa shape index (κ2) is 11.0. The number of rotatable bonds is 6. The number of carbonyl (C=O) groups excluding carboxylic acids is 3. The molecule has 4 aromatic rings. The first kappa shape index (κ1) is 27.9. The fourth-order valence-electron chi connectivity index (χ4n) is 6.04. The molecular formula is C30H31ClN10O3. The van der Waals surface area contributed by atoms with E-state index in [1.54, 1.807) is 22.8 Å². The number of imide groups is 1. The normalized spacial score (nSPS) is 17.3. The molecule has 14 heteroatoms. The zero-order chi connectivity index (χ0) is 30.5. The van der Waals surface area contributed by atoms with Crippen LogP contribution in [0.2, 0.25) is 5.02 Å². The molecule has 2 aromatic heterocycles. The molecule has 0 atom stereocenters. The number of likely N-dealkylation sites (N-methyl/N-ethyl adjacent to an activating group) is 1. The summed E-state index contributed by atoms with van der Waals surface area (Å²) >= 11 is 6.45. The highest BCUT2D eigenvalue weighted by Crippen LogP contribution is 2.33. The van der Waals surface area contributed by atoms with Crippen LogP contribution in [0.15, 0.2) is 42.6 Å². The topological polar surface area (TPSA) is 141 Å². The molecule has 0 aliphatic carbocycles. The number of amides is 4. The summed E-state index contributed by atoms with van der Waals surface area (Å²) in [5, 5.41) is 15.2. The largest absolute Gasteiger partial charge is 0.382 e. The van der Waals surface area contributed by atoms with Crippen LogP contribution in [0.4, 0.5) is 39.4 Å². The van der Waals surface area contributed by atoms with Crippen LogP contribution in [0.3, 0.4) is 0 Å². The van der Waals surface area contributed by atoms with E-state index in [-0.39, 0.29) is 24.3 Å². The Bertz CT molecular complexity index is 1820. The Morgan fingerprint density at radius 2 is 1.80 bits per heavy atom. The minimum atomic E-state index is -0.447. The molecule has 5 heterocycles. The summed E-state index contributed by atoms with van der Waals surface area (Å²) in [6.45, 7) is 1.85. The molecule has 2 fully saturated rings. The van der Waals surface area contributed by atoms with Gasteiger partial charge in [-0.05, 0) is 54.8 Å². The molecule has 13 nitrogen and oxygen atoms in total. The van der Waals surface area contributed by atoms with Crippen molar-refractivity contribution in [1.29, 1.82) is 0 Å². The fraction of sp³-hybridized carbons (Fsp3) is 0.333. The third kappa shape index (κ3) is 5.12. The van der Waals surface area contributed by atoms with E-state index in [1.165, 1.54) is 4.90 Å². The summed E-state index contributed by atoms with van der Waals surface area (Å²) in [6, 6.07) is 11.6. The molecule has 3 N–H and O–H groups in total. The summed E-state index contributed by atoms with van der Waals surface area (Å²) in [6.07, 6.45) is 4.01. The van der Waals surface area contributed by atoms with E-state index in [4.69, 9.17) is 16.6 Å². The molecule has 0 bridgehead atoms. The van der Waals surface area contributed by atoms with Gasteiger partial charge >= 0.3 is 6.03 Å². The molecule has 7 rings (SSSR count). The van der Waals surface area contributed by atoms with Crippen LogP contribution < -0.4 is 30.7 Å². The molecule has 0 spiro atoms. The summed E-state index contributed by atoms with van der Waals surface area (Å²) in [5.41, 5.74) is 4.57. The molecule has 44 heavy (non-hydrogen) atoms. The summed E-state index contributed by atoms with van der Waals surface area (Å²) in [7, 11) is 3.63. The highest BCUT2D eigenvalue weighted by atomic mass is 35.5. The van der Waals surface area contributed by atoms with E-state index in [0.717, 1.165) is 59.5 Å². The SMILES string of the molecule is CN1C(=O)Cc2cc(Nc3nc(N4CCC(Nc5ccc6c(N7CCC(=O)NC7=O)nn(C)c6c5)CC4)ncc3Cl)ccc21. The summed E-state index contributed by atoms with van der Waals surface area (Å²) in [4.78, 5) is 50.6. The fourth-order valence-corrected chi connectivity index (χ4v) is 6.17. The van der Waals surface area contributed by atoms with Crippen LogP contribution in [0.25, 0.3) is 10.9 Å². The number of urea groups is 1. The Labute approximate surface area is 258 Å². The number of anilines is 6. The minimum Gasteiger partial charge on any atom is -0.382 e. The van der Waals surface area contributed by atoms with Gasteiger partial charge in [0.25, 0.3) is 0 Å². The van der Waals surface area contributed by atoms with Gasteiger partial charge in [-0.3, -0.25) is 24.5 Å². The molecular weight excluding hydrogens is 584 g/mol. The number of carbonyl (C=O) groups is 3. The van der Waals surface area contributed by atoms with Crippen LogP contribution in [0, 0.1) is 0 Å². The lowest BCUT2D eigenvalue weighted by atomic mass is 10.0. The van der Waals surface area contributed by atoms with E-state index >= 15 is 0 Å². The predicted octanol–water partition coefficient (Wildman–Crippen LogP) is 3.81. The molecule has 226 valence electrons. The molecule has 0 saturated carbocycles. The molecule has 0 radical (unpaired) electrons. The number of fused-ring (bicyclic) bond motifs is 2. The summed E-state index contributed by atoms with van der Waals surface area (Å²) in [5.74, 6) is 1.48. The van der Waals surface area contributed by atoms with Gasteiger partial charge in [-0.1, -0.05) is 11.6 Å². The third-order valence-electron chi connectivity index (χ3n) is 8.44. The first-order valence-electron chi connectivity index (χ1n) is 14.5. The number of nitrogens with one attached hydrogen (secondary N) is 3. The quantitative estimate of drug-likeness (QED) is 0.296. The van der Waals surface area contributed by atoms with Gasteiger partial charge in [-0.2, -0.15) is 10.1 Å². The van der Waals surface area contributed by atoms with Gasteiger partial charge in [0.2, 0.25) is 17.8 Å². The molecule has 2 saturated heterocycles. The van der Waals surface area contributed by atoms with Crippen molar-refractivity contribution in [3.05, 3.63) is 53.2 Å². The van der Waals surface area contributed by atoms with E-state index in [2.05, 4.69) is 30.9 Å². The maximum Gasteiger partial charge on any atom is 0.329 e. The van der Waals surface area contributed by atoms with E-state index in [0.29, 0.717) is 35.6 Å². The van der Waals surface area contributed by atoms with Crippen molar-refractivity contribution in [2.75, 3.05) is 52.0 Å². The van der Waals surface area contributed by atoms with Crippen molar-refractivity contribution in [3.63, 3.8) is 0 Å². The lowest BCUT2D eigenvalue weighted by Gasteiger charge is -2.33. The Morgan fingerprint density at radius 1 is 1.00 bits per heavy atom. The van der Waals surface area contributed by atoms with E-state index in [9.17, 15) is 14.4 Å². The first-order valence-corrected chi connectivity index (χ1v) is 14.9. The molecule has 3 aliphatic rings. The zero-order valence-electron chi connectivity index (χ0n) is 24.3. The Kier molecular flexibility index (Phi) is 6.96. The van der Waals surface area contributed by atoms with Crippen LogP contribution in [0.5, 0.6) is 0 Å². The lowest BCUT2D eigenvalue weighted by Crippen LogP contribution is -2.49. The second-order valence-electron chi connectivity index (χ2n) is 11.3. The maximum atomic E-state index is 12.4. The van der Waals surface area contributed by atoms with E-state index < -0.39 is 6.03 Å². The average Bonchev–Trinajstić information content (AvgIpc) is 3.48. The number of hydrogen-bond acceptors (Lipinski definition) is 9. The van der Waals surface area contributed by atoms with Crippen LogP contribution >= 0.6 is 11.6 Å². The molecule has 2 aromatic carbocycles. The lowest BCUT2D eigenvalue weighted by molar-refractivity contribution is -0.120. The van der Waals surface area contributed by atoms with Gasteiger partial charge in [0.05, 0.1) is 18.1 Å². The summed E-state index contributed by atoms with van der Waals surface area (Å²) < 4.78 is 1.76. The van der Waals surface area contributed by atoms with Crippen molar-refractivity contribution >= 4 is 75.0 Å². The first-order chi connectivity index (χ1) is 21.2. The average molecular weight is 615 g/mol. The van der Waals surface area contributed by atoms with Crippen molar-refractivity contribution in [3.8, 4) is 0 Å². The highest BCUT2D eigenvalue weighted by molar-refractivity contribution is 6.33. The Morgan fingerprint density at radius 3 is 2.59 bits per heavy atom. The number of halogens is 1. The number of hydrogen-bond donors (Lipinski definition) is 3. The van der Waals surface area contributed by atoms with Crippen molar-refractivity contribution < 1.29 is 14.4 Å². The highest BCUT2D eigenvalue weighted by Gasteiger charge is 2.29.